The van der Waals surface area contributed by atoms with Crippen LogP contribution in [0.5, 0.6) is 17.2 Å². The van der Waals surface area contributed by atoms with Crippen LogP contribution >= 0.6 is 15.9 Å². The van der Waals surface area contributed by atoms with Crippen LogP contribution in [0, 0.1) is 0 Å². The molecule has 2 aromatic rings. The monoisotopic (exact) mass is 473 g/mol. The minimum atomic E-state index is -0.470. The van der Waals surface area contributed by atoms with Crippen molar-refractivity contribution in [1.82, 2.24) is 0 Å². The zero-order valence-electron chi connectivity index (χ0n) is 16.7. The summed E-state index contributed by atoms with van der Waals surface area (Å²) in [6, 6.07) is 10.9. The maximum Gasteiger partial charge on any atom is 0.336 e. The molecule has 0 saturated heterocycles. The molecule has 30 heavy (non-hydrogen) atoms. The number of carbonyl (C=O) groups excluding carboxylic acids is 2. The first-order valence-corrected chi connectivity index (χ1v) is 10.1. The van der Waals surface area contributed by atoms with E-state index in [-0.39, 0.29) is 18.9 Å². The molecule has 0 N–H and O–H groups in total. The van der Waals surface area contributed by atoms with Crippen LogP contribution in [-0.4, -0.2) is 39.8 Å². The minimum Gasteiger partial charge on any atom is -0.493 e. The number of methoxy groups -OCH3 is 3. The van der Waals surface area contributed by atoms with Gasteiger partial charge in [0.05, 0.1) is 32.6 Å². The van der Waals surface area contributed by atoms with E-state index >= 15 is 0 Å². The average molecular weight is 474 g/mol. The molecule has 0 bridgehead atoms. The van der Waals surface area contributed by atoms with Crippen molar-refractivity contribution in [2.45, 2.75) is 12.3 Å². The Morgan fingerprint density at radius 1 is 1.00 bits per heavy atom. The standard InChI is InChI=1S/C22H20BrNO6/c1-27-17-8-12(9-18(28-2)21(17)29-3)15-10-19(25)24(14-6-4-13(23)5-7-14)16-11-30-22(26)20(15)16/h4-9,15H,10-11H2,1-3H3. The Morgan fingerprint density at radius 2 is 1.63 bits per heavy atom. The highest BCUT2D eigenvalue weighted by atomic mass is 79.9. The van der Waals surface area contributed by atoms with Gasteiger partial charge in [-0.05, 0) is 42.0 Å². The van der Waals surface area contributed by atoms with E-state index in [9.17, 15) is 9.59 Å². The normalized spacial score (nSPS) is 18.3. The second kappa shape index (κ2) is 8.02. The van der Waals surface area contributed by atoms with Gasteiger partial charge in [0.15, 0.2) is 11.5 Å². The number of hydrogen-bond donors (Lipinski definition) is 0. The number of ether oxygens (including phenoxy) is 4. The van der Waals surface area contributed by atoms with Crippen molar-refractivity contribution in [3.8, 4) is 17.2 Å². The van der Waals surface area contributed by atoms with Crippen molar-refractivity contribution in [2.75, 3.05) is 32.8 Å². The Kier molecular flexibility index (Phi) is 5.42. The van der Waals surface area contributed by atoms with Crippen LogP contribution < -0.4 is 19.1 Å². The molecule has 8 heteroatoms. The molecule has 0 spiro atoms. The van der Waals surface area contributed by atoms with E-state index in [4.69, 9.17) is 18.9 Å². The fourth-order valence-electron chi connectivity index (χ4n) is 3.93. The van der Waals surface area contributed by atoms with Crippen LogP contribution in [0.15, 0.2) is 52.1 Å². The van der Waals surface area contributed by atoms with Gasteiger partial charge >= 0.3 is 5.97 Å². The topological polar surface area (TPSA) is 74.3 Å². The van der Waals surface area contributed by atoms with E-state index in [1.165, 1.54) is 21.3 Å². The summed E-state index contributed by atoms with van der Waals surface area (Å²) in [4.78, 5) is 27.4. The molecule has 1 amide bonds. The van der Waals surface area contributed by atoms with Crippen molar-refractivity contribution in [3.63, 3.8) is 0 Å². The van der Waals surface area contributed by atoms with Crippen molar-refractivity contribution >= 4 is 33.5 Å². The number of amides is 1. The van der Waals surface area contributed by atoms with Gasteiger partial charge < -0.3 is 18.9 Å². The van der Waals surface area contributed by atoms with Crippen molar-refractivity contribution in [1.29, 1.82) is 0 Å². The number of anilines is 1. The lowest BCUT2D eigenvalue weighted by Crippen LogP contribution is -2.37. The van der Waals surface area contributed by atoms with Gasteiger partial charge in [-0.15, -0.1) is 0 Å². The average Bonchev–Trinajstić information content (AvgIpc) is 3.14. The van der Waals surface area contributed by atoms with Crippen LogP contribution in [0.25, 0.3) is 0 Å². The third-order valence-corrected chi connectivity index (χ3v) is 5.82. The number of carbonyl (C=O) groups is 2. The maximum absolute atomic E-state index is 13.2. The Morgan fingerprint density at radius 3 is 2.20 bits per heavy atom. The van der Waals surface area contributed by atoms with Crippen molar-refractivity contribution < 1.29 is 28.5 Å². The fraction of sp³-hybridized carbons (Fsp3) is 0.273. The molecule has 0 saturated carbocycles. The van der Waals surface area contributed by atoms with Crippen molar-refractivity contribution in [2.24, 2.45) is 0 Å². The van der Waals surface area contributed by atoms with Gasteiger partial charge in [-0.25, -0.2) is 4.79 Å². The second-order valence-corrected chi connectivity index (χ2v) is 7.77. The third-order valence-electron chi connectivity index (χ3n) is 5.29. The molecule has 1 atom stereocenters. The molecular weight excluding hydrogens is 454 g/mol. The number of benzene rings is 2. The Bertz CT molecular complexity index is 1020. The smallest absolute Gasteiger partial charge is 0.336 e. The molecule has 0 aliphatic carbocycles. The van der Waals surface area contributed by atoms with E-state index in [1.807, 2.05) is 24.3 Å². The summed E-state index contributed by atoms with van der Waals surface area (Å²) in [6.07, 6.45) is 0.114. The molecule has 4 rings (SSSR count). The molecular formula is C22H20BrNO6. The molecule has 2 heterocycles. The van der Waals surface area contributed by atoms with Gasteiger partial charge in [-0.3, -0.25) is 9.69 Å². The largest absolute Gasteiger partial charge is 0.493 e. The summed E-state index contributed by atoms with van der Waals surface area (Å²) >= 11 is 3.40. The van der Waals surface area contributed by atoms with Gasteiger partial charge in [-0.2, -0.15) is 0 Å². The first kappa shape index (κ1) is 20.3. The van der Waals surface area contributed by atoms with Crippen LogP contribution in [0.4, 0.5) is 5.69 Å². The van der Waals surface area contributed by atoms with E-state index in [2.05, 4.69) is 15.9 Å². The number of esters is 1. The Balaban J connectivity index is 1.84. The molecule has 0 fully saturated rings. The Labute approximate surface area is 182 Å². The van der Waals surface area contributed by atoms with Crippen LogP contribution in [-0.2, 0) is 14.3 Å². The highest BCUT2D eigenvalue weighted by Crippen LogP contribution is 2.46. The molecule has 0 radical (unpaired) electrons. The number of nitrogens with zero attached hydrogens (tertiary/aromatic N) is 1. The number of rotatable bonds is 5. The predicted octanol–water partition coefficient (Wildman–Crippen LogP) is 3.81. The summed E-state index contributed by atoms with van der Waals surface area (Å²) in [5.74, 6) is 0.367. The summed E-state index contributed by atoms with van der Waals surface area (Å²) < 4.78 is 22.5. The van der Waals surface area contributed by atoms with E-state index in [0.717, 1.165) is 10.0 Å². The molecule has 0 aromatic heterocycles. The van der Waals surface area contributed by atoms with Gasteiger partial charge in [0.2, 0.25) is 11.7 Å². The van der Waals surface area contributed by atoms with Crippen LogP contribution in [0.3, 0.4) is 0 Å². The van der Waals surface area contributed by atoms with Crippen molar-refractivity contribution in [3.05, 3.63) is 57.7 Å². The molecule has 7 nitrogen and oxygen atoms in total. The first-order valence-electron chi connectivity index (χ1n) is 9.27. The number of hydrogen-bond acceptors (Lipinski definition) is 6. The molecule has 156 valence electrons. The number of halogens is 1. The van der Waals surface area contributed by atoms with Crippen LogP contribution in [0.1, 0.15) is 17.9 Å². The summed E-state index contributed by atoms with van der Waals surface area (Å²) in [5, 5.41) is 0. The summed E-state index contributed by atoms with van der Waals surface area (Å²) in [7, 11) is 4.57. The molecule has 1 unspecified atom stereocenters. The number of cyclic esters (lactones) is 1. The van der Waals surface area contributed by atoms with Crippen LogP contribution in [0.2, 0.25) is 0 Å². The van der Waals surface area contributed by atoms with E-state index in [0.29, 0.717) is 34.2 Å². The lowest BCUT2D eigenvalue weighted by molar-refractivity contribution is -0.136. The molecule has 2 aromatic carbocycles. The maximum atomic E-state index is 13.2. The molecule has 2 aliphatic heterocycles. The van der Waals surface area contributed by atoms with E-state index < -0.39 is 11.9 Å². The zero-order chi connectivity index (χ0) is 21.4. The van der Waals surface area contributed by atoms with Gasteiger partial charge in [0, 0.05) is 22.5 Å². The van der Waals surface area contributed by atoms with Gasteiger partial charge in [0.1, 0.15) is 6.61 Å². The first-order chi connectivity index (χ1) is 14.5. The zero-order valence-corrected chi connectivity index (χ0v) is 18.3. The lowest BCUT2D eigenvalue weighted by atomic mass is 9.83. The van der Waals surface area contributed by atoms with E-state index in [1.54, 1.807) is 17.0 Å². The highest BCUT2D eigenvalue weighted by Gasteiger charge is 2.43. The third kappa shape index (κ3) is 3.31. The molecule has 2 aliphatic rings. The lowest BCUT2D eigenvalue weighted by Gasteiger charge is -2.32. The summed E-state index contributed by atoms with van der Waals surface area (Å²) in [5.41, 5.74) is 2.46. The van der Waals surface area contributed by atoms with Gasteiger partial charge in [-0.1, -0.05) is 15.9 Å². The quantitative estimate of drug-likeness (QED) is 0.614. The van der Waals surface area contributed by atoms with Gasteiger partial charge in [0.25, 0.3) is 0 Å². The minimum absolute atomic E-state index is 0.0525. The second-order valence-electron chi connectivity index (χ2n) is 6.86. The SMILES string of the molecule is COc1cc(C2CC(=O)N(c3ccc(Br)cc3)C3=C2C(=O)OC3)cc(OC)c1OC. The predicted molar refractivity (Wildman–Crippen MR) is 113 cm³/mol. The fourth-order valence-corrected chi connectivity index (χ4v) is 4.20. The Hall–Kier alpha value is -3.00. The summed E-state index contributed by atoms with van der Waals surface area (Å²) in [6.45, 7) is 0.0525. The highest BCUT2D eigenvalue weighted by molar-refractivity contribution is 9.10.